The third kappa shape index (κ3) is 2.39. The lowest BCUT2D eigenvalue weighted by Crippen LogP contribution is -2.30. The van der Waals surface area contributed by atoms with E-state index in [-0.39, 0.29) is 5.41 Å². The molecule has 0 aliphatic carbocycles. The molecule has 16 heavy (non-hydrogen) atoms. The summed E-state index contributed by atoms with van der Waals surface area (Å²) in [6, 6.07) is 3.52. The maximum absolute atomic E-state index is 12.2. The van der Waals surface area contributed by atoms with Crippen LogP contribution >= 0.6 is 18.9 Å². The number of aliphatic hydroxyl groups excluding tert-OH is 1. The Morgan fingerprint density at radius 3 is 2.62 bits per heavy atom. The Morgan fingerprint density at radius 1 is 1.50 bits per heavy atom. The number of aliphatic hydroxyl groups is 1. The summed E-state index contributed by atoms with van der Waals surface area (Å²) in [6.45, 7) is 4.61. The predicted octanol–water partition coefficient (Wildman–Crippen LogP) is 3.01. The first-order chi connectivity index (χ1) is 7.43. The highest BCUT2D eigenvalue weighted by atomic mass is 32.1. The lowest BCUT2D eigenvalue weighted by molar-refractivity contribution is 0.0233. The minimum Gasteiger partial charge on any atom is -0.376 e. The zero-order valence-corrected chi connectivity index (χ0v) is 11.0. The minimum absolute atomic E-state index is 0.150. The maximum Gasteiger partial charge on any atom is 0.364 e. The summed E-state index contributed by atoms with van der Waals surface area (Å²) >= 11 is 1.34. The molecular weight excluding hydrogens is 247 g/mol. The van der Waals surface area contributed by atoms with Crippen LogP contribution in [0, 0.1) is 5.41 Å². The zero-order chi connectivity index (χ0) is 11.8. The summed E-state index contributed by atoms with van der Waals surface area (Å²) in [5.41, 5.74) is -0.150. The Kier molecular flexibility index (Phi) is 3.25. The second-order valence-electron chi connectivity index (χ2n) is 4.64. The molecule has 0 radical (unpaired) electrons. The lowest BCUT2D eigenvalue weighted by atomic mass is 9.97. The molecule has 4 nitrogen and oxygen atoms in total. The average molecular weight is 262 g/mol. The van der Waals surface area contributed by atoms with Crippen molar-refractivity contribution in [2.45, 2.75) is 19.7 Å². The molecule has 1 aliphatic heterocycles. The van der Waals surface area contributed by atoms with Gasteiger partial charge in [0.2, 0.25) is 0 Å². The van der Waals surface area contributed by atoms with E-state index in [0.29, 0.717) is 18.1 Å². The SMILES string of the molecule is CC1(C)COP(=O)([C@H](O)c2cccs2)OC1. The van der Waals surface area contributed by atoms with Crippen LogP contribution in [-0.4, -0.2) is 18.3 Å². The van der Waals surface area contributed by atoms with E-state index in [2.05, 4.69) is 0 Å². The van der Waals surface area contributed by atoms with Crippen molar-refractivity contribution in [1.29, 1.82) is 0 Å². The third-order valence-electron chi connectivity index (χ3n) is 2.37. The standard InChI is InChI=1S/C10H15O4PS/c1-10(2)6-13-15(12,14-7-10)9(11)8-4-3-5-16-8/h3-5,9,11H,6-7H2,1-2H3/t9-/m0/s1. The largest absolute Gasteiger partial charge is 0.376 e. The number of thiophene rings is 1. The van der Waals surface area contributed by atoms with E-state index < -0.39 is 13.4 Å². The highest BCUT2D eigenvalue weighted by Gasteiger charge is 2.43. The van der Waals surface area contributed by atoms with Crippen molar-refractivity contribution in [3.63, 3.8) is 0 Å². The average Bonchev–Trinajstić information content (AvgIpc) is 2.75. The van der Waals surface area contributed by atoms with E-state index in [1.165, 1.54) is 11.3 Å². The summed E-state index contributed by atoms with van der Waals surface area (Å²) in [7, 11) is -3.41. The fourth-order valence-corrected chi connectivity index (χ4v) is 4.32. The van der Waals surface area contributed by atoms with E-state index in [1.54, 1.807) is 12.1 Å². The molecule has 0 aromatic carbocycles. The molecule has 0 unspecified atom stereocenters. The fraction of sp³-hybridized carbons (Fsp3) is 0.600. The molecule has 2 heterocycles. The van der Waals surface area contributed by atoms with Crippen LogP contribution in [-0.2, 0) is 13.6 Å². The predicted molar refractivity (Wildman–Crippen MR) is 62.6 cm³/mol. The quantitative estimate of drug-likeness (QED) is 0.832. The Labute approximate surface area is 98.7 Å². The van der Waals surface area contributed by atoms with Crippen molar-refractivity contribution >= 4 is 18.9 Å². The van der Waals surface area contributed by atoms with Gasteiger partial charge < -0.3 is 14.2 Å². The van der Waals surface area contributed by atoms with Crippen LogP contribution in [0.3, 0.4) is 0 Å². The Balaban J connectivity index is 2.13. The maximum atomic E-state index is 12.2. The van der Waals surface area contributed by atoms with Gasteiger partial charge in [-0.25, -0.2) is 0 Å². The molecule has 1 saturated heterocycles. The van der Waals surface area contributed by atoms with Crippen LogP contribution in [0.15, 0.2) is 17.5 Å². The van der Waals surface area contributed by atoms with E-state index in [0.717, 1.165) is 0 Å². The Hall–Kier alpha value is -0.190. The molecule has 0 saturated carbocycles. The molecule has 1 fully saturated rings. The molecular formula is C10H15O4PS. The number of hydrogen-bond donors (Lipinski definition) is 1. The van der Waals surface area contributed by atoms with Crippen molar-refractivity contribution in [3.8, 4) is 0 Å². The second kappa shape index (κ2) is 4.24. The van der Waals surface area contributed by atoms with Gasteiger partial charge >= 0.3 is 7.60 Å². The molecule has 0 spiro atoms. The van der Waals surface area contributed by atoms with Crippen molar-refractivity contribution in [2.24, 2.45) is 5.41 Å². The second-order valence-corrected chi connectivity index (χ2v) is 7.70. The number of hydrogen-bond acceptors (Lipinski definition) is 5. The van der Waals surface area contributed by atoms with Gasteiger partial charge in [-0.3, -0.25) is 4.57 Å². The molecule has 6 heteroatoms. The molecule has 1 N–H and O–H groups in total. The van der Waals surface area contributed by atoms with Gasteiger partial charge in [-0.15, -0.1) is 11.3 Å². The molecule has 1 aromatic heterocycles. The van der Waals surface area contributed by atoms with Crippen molar-refractivity contribution in [2.75, 3.05) is 13.2 Å². The first-order valence-corrected chi connectivity index (χ1v) is 7.52. The van der Waals surface area contributed by atoms with Gasteiger partial charge in [-0.1, -0.05) is 19.9 Å². The van der Waals surface area contributed by atoms with Crippen molar-refractivity contribution < 1.29 is 18.7 Å². The monoisotopic (exact) mass is 262 g/mol. The van der Waals surface area contributed by atoms with Crippen LogP contribution in [0.5, 0.6) is 0 Å². The summed E-state index contributed by atoms with van der Waals surface area (Å²) < 4.78 is 22.7. The first-order valence-electron chi connectivity index (χ1n) is 5.03. The summed E-state index contributed by atoms with van der Waals surface area (Å²) in [6.07, 6.45) is 0. The summed E-state index contributed by atoms with van der Waals surface area (Å²) in [5, 5.41) is 11.8. The van der Waals surface area contributed by atoms with Gasteiger partial charge in [0.1, 0.15) is 0 Å². The molecule has 1 aliphatic rings. The highest BCUT2D eigenvalue weighted by Crippen LogP contribution is 2.63. The van der Waals surface area contributed by atoms with Crippen molar-refractivity contribution in [1.82, 2.24) is 0 Å². The molecule has 0 amide bonds. The van der Waals surface area contributed by atoms with Gasteiger partial charge in [-0.2, -0.15) is 0 Å². The normalized spacial score (nSPS) is 25.2. The third-order valence-corrected chi connectivity index (χ3v) is 5.32. The topological polar surface area (TPSA) is 55.8 Å². The van der Waals surface area contributed by atoms with E-state index >= 15 is 0 Å². The number of rotatable bonds is 2. The smallest absolute Gasteiger partial charge is 0.364 e. The van der Waals surface area contributed by atoms with Crippen LogP contribution in [0.1, 0.15) is 24.6 Å². The van der Waals surface area contributed by atoms with Crippen LogP contribution in [0.25, 0.3) is 0 Å². The molecule has 1 aromatic rings. The fourth-order valence-electron chi connectivity index (χ4n) is 1.34. The van der Waals surface area contributed by atoms with Crippen LogP contribution in [0.4, 0.5) is 0 Å². The Bertz CT molecular complexity index is 387. The lowest BCUT2D eigenvalue weighted by Gasteiger charge is -2.35. The zero-order valence-electron chi connectivity index (χ0n) is 9.25. The summed E-state index contributed by atoms with van der Waals surface area (Å²) in [4.78, 5) is 0.614. The van der Waals surface area contributed by atoms with Crippen LogP contribution < -0.4 is 0 Å². The molecule has 2 rings (SSSR count). The van der Waals surface area contributed by atoms with Crippen LogP contribution in [0.2, 0.25) is 0 Å². The molecule has 1 atom stereocenters. The molecule has 0 bridgehead atoms. The van der Waals surface area contributed by atoms with Gasteiger partial charge in [0.15, 0.2) is 5.85 Å². The van der Waals surface area contributed by atoms with Crippen molar-refractivity contribution in [3.05, 3.63) is 22.4 Å². The summed E-state index contributed by atoms with van der Waals surface area (Å²) in [5.74, 6) is -1.16. The molecule has 90 valence electrons. The van der Waals surface area contributed by atoms with Gasteiger partial charge in [0, 0.05) is 10.3 Å². The highest BCUT2D eigenvalue weighted by molar-refractivity contribution is 7.54. The van der Waals surface area contributed by atoms with E-state index in [9.17, 15) is 9.67 Å². The van der Waals surface area contributed by atoms with Gasteiger partial charge in [0.25, 0.3) is 0 Å². The van der Waals surface area contributed by atoms with Gasteiger partial charge in [0.05, 0.1) is 13.2 Å². The first kappa shape index (κ1) is 12.3. The van der Waals surface area contributed by atoms with Gasteiger partial charge in [-0.05, 0) is 11.4 Å². The van der Waals surface area contributed by atoms with E-state index in [4.69, 9.17) is 9.05 Å². The minimum atomic E-state index is -3.41. The Morgan fingerprint density at radius 2 is 2.12 bits per heavy atom. The van der Waals surface area contributed by atoms with E-state index in [1.807, 2.05) is 19.2 Å².